The Morgan fingerprint density at radius 2 is 0.966 bits per heavy atom. The first-order valence-corrected chi connectivity index (χ1v) is 10.6. The van der Waals surface area contributed by atoms with Gasteiger partial charge in [-0.25, -0.2) is 0 Å². The average Bonchev–Trinajstić information content (AvgIpc) is 3.19. The Morgan fingerprint density at radius 3 is 1.28 bits per heavy atom. The van der Waals surface area contributed by atoms with Gasteiger partial charge in [0.05, 0.1) is 9.75 Å². The second-order valence-electron chi connectivity index (χ2n) is 7.63. The lowest BCUT2D eigenvalue weighted by molar-refractivity contribution is 0.102. The molecular weight excluding hydrogens is 380 g/mol. The molecule has 2 N–H and O–H groups in total. The Labute approximate surface area is 176 Å². The fourth-order valence-corrected chi connectivity index (χ4v) is 3.67. The Balaban J connectivity index is 1.63. The molecule has 0 atom stereocenters. The van der Waals surface area contributed by atoms with E-state index in [0.29, 0.717) is 21.6 Å². The maximum Gasteiger partial charge on any atom is 0.265 e. The van der Waals surface area contributed by atoms with Crippen molar-refractivity contribution in [1.82, 2.24) is 0 Å². The van der Waals surface area contributed by atoms with Crippen LogP contribution in [0.5, 0.6) is 0 Å². The van der Waals surface area contributed by atoms with Crippen LogP contribution in [0.15, 0.2) is 60.7 Å². The standard InChI is InChI=1S/C24H26N2O2S/c1-15(2)17-5-9-19(10-6-17)25-23(27)21-13-14-22(29-21)24(28)26-20-11-7-18(8-12-20)16(3)4/h5-16H,1-4H3,(H,25,27)(H,26,28). The summed E-state index contributed by atoms with van der Waals surface area (Å²) in [7, 11) is 0. The molecule has 0 spiro atoms. The predicted octanol–water partition coefficient (Wildman–Crippen LogP) is 6.50. The van der Waals surface area contributed by atoms with Crippen molar-refractivity contribution in [3.8, 4) is 0 Å². The topological polar surface area (TPSA) is 58.2 Å². The van der Waals surface area contributed by atoms with E-state index in [-0.39, 0.29) is 11.8 Å². The summed E-state index contributed by atoms with van der Waals surface area (Å²) in [6.07, 6.45) is 0. The van der Waals surface area contributed by atoms with E-state index in [9.17, 15) is 9.59 Å². The third-order valence-electron chi connectivity index (χ3n) is 4.72. The number of carbonyl (C=O) groups excluding carboxylic acids is 2. The molecule has 0 saturated carbocycles. The van der Waals surface area contributed by atoms with E-state index >= 15 is 0 Å². The summed E-state index contributed by atoms with van der Waals surface area (Å²) in [5.74, 6) is 0.458. The minimum absolute atomic E-state index is 0.215. The molecule has 0 aliphatic rings. The number of benzene rings is 2. The first-order valence-electron chi connectivity index (χ1n) is 9.76. The lowest BCUT2D eigenvalue weighted by Gasteiger charge is -2.08. The number of rotatable bonds is 6. The third kappa shape index (κ3) is 5.33. The molecule has 0 radical (unpaired) electrons. The number of hydrogen-bond acceptors (Lipinski definition) is 3. The highest BCUT2D eigenvalue weighted by atomic mass is 32.1. The van der Waals surface area contributed by atoms with Crippen molar-refractivity contribution in [3.05, 3.63) is 81.5 Å². The summed E-state index contributed by atoms with van der Waals surface area (Å²) in [4.78, 5) is 26.0. The van der Waals surface area contributed by atoms with E-state index in [1.54, 1.807) is 12.1 Å². The van der Waals surface area contributed by atoms with Gasteiger partial charge >= 0.3 is 0 Å². The van der Waals surface area contributed by atoms with Gasteiger partial charge in [-0.1, -0.05) is 52.0 Å². The predicted molar refractivity (Wildman–Crippen MR) is 121 cm³/mol. The molecule has 2 aromatic carbocycles. The quantitative estimate of drug-likeness (QED) is 0.491. The van der Waals surface area contributed by atoms with Gasteiger partial charge in [-0.2, -0.15) is 0 Å². The van der Waals surface area contributed by atoms with Gasteiger partial charge < -0.3 is 10.6 Å². The van der Waals surface area contributed by atoms with Crippen molar-refractivity contribution in [2.45, 2.75) is 39.5 Å². The van der Waals surface area contributed by atoms with Crippen LogP contribution >= 0.6 is 11.3 Å². The van der Waals surface area contributed by atoms with E-state index in [2.05, 4.69) is 38.3 Å². The summed E-state index contributed by atoms with van der Waals surface area (Å²) in [6, 6.07) is 19.0. The number of carbonyl (C=O) groups is 2. The normalized spacial score (nSPS) is 11.0. The molecule has 1 heterocycles. The van der Waals surface area contributed by atoms with Crippen molar-refractivity contribution >= 4 is 34.5 Å². The number of nitrogens with one attached hydrogen (secondary N) is 2. The molecule has 5 heteroatoms. The minimum Gasteiger partial charge on any atom is -0.321 e. The van der Waals surface area contributed by atoms with Gasteiger partial charge in [0.2, 0.25) is 0 Å². The third-order valence-corrected chi connectivity index (χ3v) is 5.81. The molecule has 150 valence electrons. The number of thiophene rings is 1. The fourth-order valence-electron chi connectivity index (χ4n) is 2.87. The lowest BCUT2D eigenvalue weighted by atomic mass is 10.0. The molecule has 4 nitrogen and oxygen atoms in total. The fraction of sp³-hybridized carbons (Fsp3) is 0.250. The van der Waals surface area contributed by atoms with Gasteiger partial charge in [-0.05, 0) is 59.4 Å². The minimum atomic E-state index is -0.215. The molecule has 0 saturated heterocycles. The maximum absolute atomic E-state index is 12.5. The van der Waals surface area contributed by atoms with E-state index in [1.807, 2.05) is 48.5 Å². The first kappa shape index (κ1) is 20.8. The van der Waals surface area contributed by atoms with Crippen molar-refractivity contribution in [3.63, 3.8) is 0 Å². The molecule has 1 aromatic heterocycles. The smallest absolute Gasteiger partial charge is 0.265 e. The van der Waals surface area contributed by atoms with Crippen molar-refractivity contribution < 1.29 is 9.59 Å². The van der Waals surface area contributed by atoms with E-state index in [4.69, 9.17) is 0 Å². The van der Waals surface area contributed by atoms with Gasteiger partial charge in [0.15, 0.2) is 0 Å². The van der Waals surface area contributed by atoms with Gasteiger partial charge in [0, 0.05) is 11.4 Å². The van der Waals surface area contributed by atoms with Crippen LogP contribution in [-0.4, -0.2) is 11.8 Å². The highest BCUT2D eigenvalue weighted by Crippen LogP contribution is 2.22. The zero-order valence-corrected chi connectivity index (χ0v) is 18.0. The number of anilines is 2. The Bertz CT molecular complexity index is 906. The summed E-state index contributed by atoms with van der Waals surface area (Å²) in [6.45, 7) is 8.52. The first-order chi connectivity index (χ1) is 13.8. The van der Waals surface area contributed by atoms with Crippen LogP contribution in [0.4, 0.5) is 11.4 Å². The zero-order chi connectivity index (χ0) is 21.0. The summed E-state index contributed by atoms with van der Waals surface area (Å²) in [5.41, 5.74) is 3.92. The van der Waals surface area contributed by atoms with Crippen LogP contribution in [0, 0.1) is 0 Å². The zero-order valence-electron chi connectivity index (χ0n) is 17.2. The van der Waals surface area contributed by atoms with Gasteiger partial charge in [0.1, 0.15) is 0 Å². The number of hydrogen-bond donors (Lipinski definition) is 2. The van der Waals surface area contributed by atoms with Crippen LogP contribution in [0.1, 0.15) is 70.0 Å². The molecule has 0 aliphatic heterocycles. The highest BCUT2D eigenvalue weighted by Gasteiger charge is 2.14. The Morgan fingerprint density at radius 1 is 0.621 bits per heavy atom. The molecule has 0 bridgehead atoms. The molecule has 29 heavy (non-hydrogen) atoms. The largest absolute Gasteiger partial charge is 0.321 e. The van der Waals surface area contributed by atoms with Gasteiger partial charge in [0.25, 0.3) is 11.8 Å². The van der Waals surface area contributed by atoms with Gasteiger partial charge in [-0.15, -0.1) is 11.3 Å². The summed E-state index contributed by atoms with van der Waals surface area (Å²) >= 11 is 1.18. The van der Waals surface area contributed by atoms with Crippen LogP contribution in [0.25, 0.3) is 0 Å². The molecule has 2 amide bonds. The number of amides is 2. The lowest BCUT2D eigenvalue weighted by Crippen LogP contribution is -2.11. The second kappa shape index (κ2) is 9.05. The SMILES string of the molecule is CC(C)c1ccc(NC(=O)c2ccc(C(=O)Nc3ccc(C(C)C)cc3)s2)cc1. The molecule has 0 aliphatic carbocycles. The Hall–Kier alpha value is -2.92. The maximum atomic E-state index is 12.5. The molecule has 3 rings (SSSR count). The van der Waals surface area contributed by atoms with Crippen molar-refractivity contribution in [1.29, 1.82) is 0 Å². The summed E-state index contributed by atoms with van der Waals surface area (Å²) < 4.78 is 0. The van der Waals surface area contributed by atoms with Crippen LogP contribution < -0.4 is 10.6 Å². The summed E-state index contributed by atoms with van der Waals surface area (Å²) in [5, 5.41) is 5.77. The average molecular weight is 407 g/mol. The van der Waals surface area contributed by atoms with Crippen LogP contribution in [0.3, 0.4) is 0 Å². The van der Waals surface area contributed by atoms with Crippen LogP contribution in [-0.2, 0) is 0 Å². The monoisotopic (exact) mass is 406 g/mol. The molecular formula is C24H26N2O2S. The molecule has 3 aromatic rings. The van der Waals surface area contributed by atoms with Crippen molar-refractivity contribution in [2.75, 3.05) is 10.6 Å². The second-order valence-corrected chi connectivity index (χ2v) is 8.71. The van der Waals surface area contributed by atoms with E-state index in [1.165, 1.54) is 22.5 Å². The van der Waals surface area contributed by atoms with Crippen LogP contribution in [0.2, 0.25) is 0 Å². The van der Waals surface area contributed by atoms with E-state index < -0.39 is 0 Å². The highest BCUT2D eigenvalue weighted by molar-refractivity contribution is 7.16. The van der Waals surface area contributed by atoms with E-state index in [0.717, 1.165) is 11.4 Å². The molecule has 0 unspecified atom stereocenters. The Kier molecular flexibility index (Phi) is 6.49. The van der Waals surface area contributed by atoms with Crippen molar-refractivity contribution in [2.24, 2.45) is 0 Å². The molecule has 0 fully saturated rings. The van der Waals surface area contributed by atoms with Gasteiger partial charge in [-0.3, -0.25) is 9.59 Å².